The van der Waals surface area contributed by atoms with E-state index >= 15 is 0 Å². The number of nitrogens with one attached hydrogen (secondary N) is 1. The normalized spacial score (nSPS) is 45.9. The summed E-state index contributed by atoms with van der Waals surface area (Å²) in [6.45, 7) is 0.201. The zero-order valence-electron chi connectivity index (χ0n) is 5.62. The lowest BCUT2D eigenvalue weighted by Gasteiger charge is -2.20. The topological polar surface area (TPSA) is 50.7 Å². The SMILES string of the molecule is OCC1CC2CC1ONO2. The van der Waals surface area contributed by atoms with E-state index in [1.165, 1.54) is 0 Å². The molecular weight excluding hydrogens is 134 g/mol. The third-order valence-corrected chi connectivity index (χ3v) is 2.24. The lowest BCUT2D eigenvalue weighted by Crippen LogP contribution is -2.33. The Kier molecular flexibility index (Phi) is 1.61. The van der Waals surface area contributed by atoms with Crippen LogP contribution < -0.4 is 5.64 Å². The van der Waals surface area contributed by atoms with Gasteiger partial charge in [-0.15, -0.1) is 0 Å². The average molecular weight is 145 g/mol. The molecule has 2 rings (SSSR count). The largest absolute Gasteiger partial charge is 0.396 e. The predicted octanol–water partition coefficient (Wildman–Crippen LogP) is -0.408. The van der Waals surface area contributed by atoms with Gasteiger partial charge in [0.1, 0.15) is 0 Å². The molecule has 3 atom stereocenters. The first-order valence-corrected chi connectivity index (χ1v) is 3.57. The number of aliphatic hydroxyl groups excluding tert-OH is 1. The van der Waals surface area contributed by atoms with Crippen LogP contribution in [0.1, 0.15) is 12.8 Å². The molecule has 4 heteroatoms. The second-order valence-electron chi connectivity index (χ2n) is 2.89. The molecule has 10 heavy (non-hydrogen) atoms. The molecule has 0 aromatic rings. The van der Waals surface area contributed by atoms with E-state index in [4.69, 9.17) is 14.8 Å². The molecule has 2 fully saturated rings. The fourth-order valence-electron chi connectivity index (χ4n) is 1.63. The molecule has 0 spiro atoms. The van der Waals surface area contributed by atoms with Gasteiger partial charge < -0.3 is 5.11 Å². The molecule has 2 N–H and O–H groups in total. The highest BCUT2D eigenvalue weighted by molar-refractivity contribution is 4.85. The lowest BCUT2D eigenvalue weighted by molar-refractivity contribution is -0.249. The van der Waals surface area contributed by atoms with Crippen LogP contribution in [0.15, 0.2) is 0 Å². The first kappa shape index (κ1) is 6.54. The summed E-state index contributed by atoms with van der Waals surface area (Å²) in [6.07, 6.45) is 2.23. The molecule has 4 nitrogen and oxygen atoms in total. The summed E-state index contributed by atoms with van der Waals surface area (Å²) in [7, 11) is 0. The van der Waals surface area contributed by atoms with Crippen LogP contribution in [0.4, 0.5) is 0 Å². The van der Waals surface area contributed by atoms with Gasteiger partial charge in [0.05, 0.1) is 12.2 Å². The zero-order chi connectivity index (χ0) is 6.97. The van der Waals surface area contributed by atoms with Gasteiger partial charge in [0.25, 0.3) is 0 Å². The fraction of sp³-hybridized carbons (Fsp3) is 1.00. The molecule has 2 bridgehead atoms. The van der Waals surface area contributed by atoms with E-state index in [9.17, 15) is 0 Å². The van der Waals surface area contributed by atoms with Crippen LogP contribution in [0.25, 0.3) is 0 Å². The number of hydrogen-bond acceptors (Lipinski definition) is 4. The fourth-order valence-corrected chi connectivity index (χ4v) is 1.63. The molecule has 1 saturated carbocycles. The standard InChI is InChI=1S/C6H11NO3/c8-3-4-1-5-2-6(4)10-7-9-5/h4-8H,1-3H2. The number of rotatable bonds is 1. The van der Waals surface area contributed by atoms with Crippen molar-refractivity contribution in [2.45, 2.75) is 25.0 Å². The summed E-state index contributed by atoms with van der Waals surface area (Å²) in [5.74, 6) is 0.264. The Bertz CT molecular complexity index is 130. The second kappa shape index (κ2) is 2.47. The van der Waals surface area contributed by atoms with E-state index in [-0.39, 0.29) is 24.7 Å². The van der Waals surface area contributed by atoms with Crippen LogP contribution in [0, 0.1) is 5.92 Å². The van der Waals surface area contributed by atoms with Gasteiger partial charge in [-0.25, -0.2) is 0 Å². The van der Waals surface area contributed by atoms with E-state index in [1.807, 2.05) is 0 Å². The minimum Gasteiger partial charge on any atom is -0.396 e. The highest BCUT2D eigenvalue weighted by atomic mass is 16.9. The first-order valence-electron chi connectivity index (χ1n) is 3.57. The average Bonchev–Trinajstić information content (AvgIpc) is 2.26. The van der Waals surface area contributed by atoms with E-state index in [1.54, 1.807) is 0 Å². The molecule has 0 amide bonds. The van der Waals surface area contributed by atoms with Crippen LogP contribution in [-0.2, 0) is 9.68 Å². The van der Waals surface area contributed by atoms with Crippen LogP contribution in [0.3, 0.4) is 0 Å². The van der Waals surface area contributed by atoms with E-state index < -0.39 is 0 Å². The molecule has 1 aliphatic carbocycles. The summed E-state index contributed by atoms with van der Waals surface area (Å²) in [4.78, 5) is 10.1. The minimum absolute atomic E-state index is 0.156. The monoisotopic (exact) mass is 145 g/mol. The van der Waals surface area contributed by atoms with Gasteiger partial charge in [-0.3, -0.25) is 9.68 Å². The summed E-state index contributed by atoms with van der Waals surface area (Å²) < 4.78 is 0. The summed E-state index contributed by atoms with van der Waals surface area (Å²) >= 11 is 0. The maximum Gasteiger partial charge on any atom is 0.0893 e. The Hall–Kier alpha value is -0.160. The predicted molar refractivity (Wildman–Crippen MR) is 32.7 cm³/mol. The quantitative estimate of drug-likeness (QED) is 0.526. The number of fused-ring (bicyclic) bond motifs is 2. The number of hydrogen-bond donors (Lipinski definition) is 2. The maximum atomic E-state index is 8.85. The zero-order valence-corrected chi connectivity index (χ0v) is 5.62. The molecular formula is C6H11NO3. The summed E-state index contributed by atoms with van der Waals surface area (Å²) in [5, 5.41) is 8.85. The minimum atomic E-state index is 0.156. The van der Waals surface area contributed by atoms with Crippen molar-refractivity contribution in [3.05, 3.63) is 0 Å². The molecule has 58 valence electrons. The first-order chi connectivity index (χ1) is 4.90. The van der Waals surface area contributed by atoms with Gasteiger partial charge in [0.2, 0.25) is 0 Å². The molecule has 1 aliphatic heterocycles. The van der Waals surface area contributed by atoms with Crippen molar-refractivity contribution in [1.82, 2.24) is 5.64 Å². The summed E-state index contributed by atoms with van der Waals surface area (Å²) in [6, 6.07) is 0. The van der Waals surface area contributed by atoms with Gasteiger partial charge in [0.15, 0.2) is 0 Å². The highest BCUT2D eigenvalue weighted by Crippen LogP contribution is 2.31. The van der Waals surface area contributed by atoms with Crippen molar-refractivity contribution in [3.63, 3.8) is 0 Å². The third kappa shape index (κ3) is 0.932. The van der Waals surface area contributed by atoms with Crippen LogP contribution in [0.5, 0.6) is 0 Å². The van der Waals surface area contributed by atoms with Crippen molar-refractivity contribution < 1.29 is 14.8 Å². The molecule has 2 aliphatic rings. The highest BCUT2D eigenvalue weighted by Gasteiger charge is 2.39. The van der Waals surface area contributed by atoms with Crippen molar-refractivity contribution in [3.8, 4) is 0 Å². The van der Waals surface area contributed by atoms with Crippen molar-refractivity contribution in [1.29, 1.82) is 0 Å². The Morgan fingerprint density at radius 2 is 2.30 bits per heavy atom. The molecule has 3 unspecified atom stereocenters. The Morgan fingerprint density at radius 3 is 3.00 bits per heavy atom. The Balaban J connectivity index is 2.01. The Labute approximate surface area is 59.0 Å². The van der Waals surface area contributed by atoms with E-state index in [0.717, 1.165) is 12.8 Å². The van der Waals surface area contributed by atoms with Gasteiger partial charge in [-0.2, -0.15) is 0 Å². The molecule has 1 saturated heterocycles. The number of aliphatic hydroxyl groups is 1. The smallest absolute Gasteiger partial charge is 0.0893 e. The Morgan fingerprint density at radius 1 is 1.40 bits per heavy atom. The third-order valence-electron chi connectivity index (χ3n) is 2.24. The van der Waals surface area contributed by atoms with Crippen LogP contribution in [0.2, 0.25) is 0 Å². The second-order valence-corrected chi connectivity index (χ2v) is 2.89. The van der Waals surface area contributed by atoms with Gasteiger partial charge in [-0.1, -0.05) is 5.64 Å². The molecule has 0 aromatic carbocycles. The van der Waals surface area contributed by atoms with E-state index in [2.05, 4.69) is 5.64 Å². The van der Waals surface area contributed by atoms with Gasteiger partial charge in [0, 0.05) is 18.9 Å². The molecule has 0 aromatic heterocycles. The van der Waals surface area contributed by atoms with Gasteiger partial charge >= 0.3 is 0 Å². The van der Waals surface area contributed by atoms with Crippen LogP contribution in [-0.4, -0.2) is 23.9 Å². The van der Waals surface area contributed by atoms with Crippen molar-refractivity contribution in [2.24, 2.45) is 5.92 Å². The van der Waals surface area contributed by atoms with Crippen molar-refractivity contribution in [2.75, 3.05) is 6.61 Å². The maximum absolute atomic E-state index is 8.85. The van der Waals surface area contributed by atoms with Gasteiger partial charge in [-0.05, 0) is 6.42 Å². The summed E-state index contributed by atoms with van der Waals surface area (Å²) in [5.41, 5.74) is 2.40. The van der Waals surface area contributed by atoms with Crippen molar-refractivity contribution >= 4 is 0 Å². The van der Waals surface area contributed by atoms with E-state index in [0.29, 0.717) is 0 Å². The van der Waals surface area contributed by atoms with Crippen LogP contribution >= 0.6 is 0 Å². The lowest BCUT2D eigenvalue weighted by atomic mass is 10.1. The molecule has 0 radical (unpaired) electrons. The molecule has 1 heterocycles.